The number of aliphatic hydroxyl groups is 1. The molecular weight excluding hydrogens is 1210 g/mol. The molecule has 0 bridgehead atoms. The Bertz CT molecular complexity index is 3310. The largest absolute Gasteiger partial charge is 0.780 e. The van der Waals surface area contributed by atoms with Crippen LogP contribution in [0, 0.1) is 13.8 Å². The Morgan fingerprint density at radius 3 is 1.95 bits per heavy atom. The number of rotatable bonds is 28. The number of nitrogens with zero attached hydrogens (tertiary/aromatic N) is 5. The molecule has 7 heterocycles. The number of ether oxygens (including phenoxy) is 5. The van der Waals surface area contributed by atoms with Crippen molar-refractivity contribution in [2.75, 3.05) is 59.1 Å². The second-order valence-electron chi connectivity index (χ2n) is 18.0. The monoisotopic (exact) mass is 1270 g/mol. The minimum Gasteiger partial charge on any atom is -0.780 e. The number of aliphatic hydroxyl groups excluding tert-OH is 1. The molecule has 442 valence electrons. The third kappa shape index (κ3) is 16.8. The molecule has 7 rings (SSSR count). The predicted octanol–water partition coefficient (Wildman–Crippen LogP) is -1.64. The van der Waals surface area contributed by atoms with E-state index in [9.17, 15) is 48.3 Å². The fraction of sp³-hybridized carbons (Fsp3) is 0.667. The summed E-state index contributed by atoms with van der Waals surface area (Å²) in [6, 6.07) is 0. The van der Waals surface area contributed by atoms with E-state index in [0.717, 1.165) is 9.13 Å². The molecule has 32 nitrogen and oxygen atoms in total. The fourth-order valence-electron chi connectivity index (χ4n) is 8.23. The highest BCUT2D eigenvalue weighted by Gasteiger charge is 2.50. The molecule has 3 saturated heterocycles. The van der Waals surface area contributed by atoms with Gasteiger partial charge in [-0.3, -0.25) is 47.6 Å². The van der Waals surface area contributed by atoms with Gasteiger partial charge in [-0.25, -0.2) is 14.6 Å². The number of nitrogens with two attached hydrogens (primary N) is 1. The van der Waals surface area contributed by atoms with Gasteiger partial charge < -0.3 is 97.6 Å². The number of hydrogen-bond acceptors (Lipinski definition) is 30. The first kappa shape index (κ1) is 63.9. The first-order valence-corrected chi connectivity index (χ1v) is 33.9. The molecule has 4 aromatic heterocycles. The third-order valence-electron chi connectivity index (χ3n) is 11.7. The van der Waals surface area contributed by atoms with Gasteiger partial charge in [0.1, 0.15) is 63.1 Å². The highest BCUT2D eigenvalue weighted by molar-refractivity contribution is 8.32. The van der Waals surface area contributed by atoms with Crippen molar-refractivity contribution in [3.8, 4) is 0 Å². The van der Waals surface area contributed by atoms with E-state index in [1.807, 2.05) is 0 Å². The second kappa shape index (κ2) is 26.9. The summed E-state index contributed by atoms with van der Waals surface area (Å²) in [4.78, 5) is 119. The molecule has 0 spiro atoms. The van der Waals surface area contributed by atoms with Crippen LogP contribution >= 0.6 is 27.0 Å². The number of nitrogens with one attached hydrogen (secondary N) is 3. The van der Waals surface area contributed by atoms with Gasteiger partial charge in [0.25, 0.3) is 16.7 Å². The lowest BCUT2D eigenvalue weighted by atomic mass is 10.1. The van der Waals surface area contributed by atoms with E-state index in [0.29, 0.717) is 0 Å². The number of aromatic nitrogens is 8. The van der Waals surface area contributed by atoms with Crippen LogP contribution in [0.25, 0.3) is 11.2 Å². The van der Waals surface area contributed by atoms with E-state index in [4.69, 9.17) is 113 Å². The number of aryl methyl sites for hydroxylation is 2. The van der Waals surface area contributed by atoms with Crippen LogP contribution in [0.2, 0.25) is 0 Å². The molecule has 4 aromatic rings. The summed E-state index contributed by atoms with van der Waals surface area (Å²) in [5.74, 6) is -0.238. The Morgan fingerprint density at radius 1 is 0.759 bits per heavy atom. The van der Waals surface area contributed by atoms with Crippen molar-refractivity contribution in [3.05, 3.63) is 81.9 Å². The van der Waals surface area contributed by atoms with Crippen molar-refractivity contribution < 1.29 is 84.2 Å². The Hall–Kier alpha value is -2.64. The number of methoxy groups -OCH3 is 1. The van der Waals surface area contributed by atoms with E-state index < -0.39 is 142 Å². The summed E-state index contributed by atoms with van der Waals surface area (Å²) in [6.45, 7) is -15.1. The second-order valence-corrected chi connectivity index (χ2v) is 28.8. The molecule has 0 radical (unpaired) electrons. The van der Waals surface area contributed by atoms with Gasteiger partial charge >= 0.3 is 11.4 Å². The highest BCUT2D eigenvalue weighted by atomic mass is 32.7. The quantitative estimate of drug-likeness (QED) is 0.0242. The SMILES string of the molecule is COCCOC1[C@@H](OP([O-])(=S)OCCCO)[C@@H](COP(=O)([S-])O[C@@H]2C[C@H](n3cc(C)c(=O)[nH]c3=O)O[C@@H]2COP([O-])(=S)O[C@@H]2C[C@H](n3cnc4c(=O)[nH]c(N)nc43)O[C@@H]2COP([O-])(=S)OC(C)C)O[C@H]1n1cc(C)c(=O)[nH]c1=O. The molecule has 0 aromatic carbocycles. The standard InChI is InChI=1S/C39H59N9O23P4S4/c1-19(2)68-73(56,77)62-15-25-23(12-28(66-25)48-18-41-29-32(48)42-37(40)43-35(29)52)70-74(57,78)63-16-24-22(11-27(65-24)46-13-20(3)33(50)44-38(46)53)69-75(58,79)64-17-26-30(71-72(55,76)61-8-6-7-49)31(60-10-9-59-5)36(67-26)47-14-21(4)34(51)45-39(47)54/h13-14,18-19,22-28,30-31,36,49H,6-12,15-17H2,1-5H3,(H,55,76)(H,56,77)(H,57,78)(H,58,79)(H,44,50,53)(H,45,51,54)(H3,40,42,43,52)/p-4/t22-,23-,24-,25-,26-,27-,28-,30+,31?,36-,72?,73?,74?,75?/m1/s1. The first-order valence-electron chi connectivity index (χ1n) is 23.7. The topological polar surface area (TPSA) is 426 Å². The Morgan fingerprint density at radius 2 is 1.33 bits per heavy atom. The number of nitrogen functional groups attached to an aromatic ring is 1. The molecule has 0 amide bonds. The zero-order valence-electron chi connectivity index (χ0n) is 42.3. The van der Waals surface area contributed by atoms with E-state index >= 15 is 0 Å². The summed E-state index contributed by atoms with van der Waals surface area (Å²) < 4.78 is 92.2. The van der Waals surface area contributed by atoms with Crippen LogP contribution in [0.3, 0.4) is 0 Å². The molecule has 3 aliphatic heterocycles. The molecule has 79 heavy (non-hydrogen) atoms. The lowest BCUT2D eigenvalue weighted by molar-refractivity contribution is -0.218. The van der Waals surface area contributed by atoms with Gasteiger partial charge in [-0.2, -0.15) is 4.98 Å². The van der Waals surface area contributed by atoms with E-state index in [2.05, 4.69) is 24.9 Å². The lowest BCUT2D eigenvalue weighted by Gasteiger charge is -2.35. The average molecular weight is 1270 g/mol. The smallest absolute Gasteiger partial charge is 0.330 e. The molecule has 14 atom stereocenters. The van der Waals surface area contributed by atoms with Crippen LogP contribution in [0.1, 0.15) is 62.9 Å². The number of anilines is 1. The molecule has 0 saturated carbocycles. The molecular formula is C39H55N9O23P4S4-4. The minimum atomic E-state index is -4.83. The van der Waals surface area contributed by atoms with Crippen LogP contribution in [-0.4, -0.2) is 146 Å². The van der Waals surface area contributed by atoms with Gasteiger partial charge in [-0.15, -0.1) is 0 Å². The Balaban J connectivity index is 1.12. The molecule has 0 aliphatic carbocycles. The number of fused-ring (bicyclic) bond motifs is 1. The molecule has 3 aliphatic rings. The number of H-pyrrole nitrogens is 3. The summed E-state index contributed by atoms with van der Waals surface area (Å²) in [6.07, 6.45) is -11.3. The molecule has 6 N–H and O–H groups in total. The minimum absolute atomic E-state index is 0.00126. The third-order valence-corrected chi connectivity index (χ3v) is 18.2. The zero-order chi connectivity index (χ0) is 57.8. The highest BCUT2D eigenvalue weighted by Crippen LogP contribution is 2.53. The number of hydrogen-bond donors (Lipinski definition) is 5. The van der Waals surface area contributed by atoms with Gasteiger partial charge in [0.15, 0.2) is 24.2 Å². The van der Waals surface area contributed by atoms with Crippen molar-refractivity contribution in [2.45, 2.75) is 114 Å². The number of imidazole rings is 1. The summed E-state index contributed by atoms with van der Waals surface area (Å²) in [7, 11) is 1.38. The van der Waals surface area contributed by atoms with Crippen LogP contribution in [0.4, 0.5) is 5.95 Å². The Kier molecular flexibility index (Phi) is 21.8. The van der Waals surface area contributed by atoms with Gasteiger partial charge in [0, 0.05) is 50.1 Å². The van der Waals surface area contributed by atoms with Crippen molar-refractivity contribution in [3.63, 3.8) is 0 Å². The molecule has 3 fully saturated rings. The van der Waals surface area contributed by atoms with Crippen LogP contribution < -0.4 is 48.5 Å². The fourth-order valence-corrected chi connectivity index (χ4v) is 14.2. The maximum atomic E-state index is 14.3. The van der Waals surface area contributed by atoms with Crippen LogP contribution in [-0.2, 0) is 112 Å². The van der Waals surface area contributed by atoms with Crippen molar-refractivity contribution >= 4 is 91.7 Å². The normalized spacial score (nSPS) is 27.5. The van der Waals surface area contributed by atoms with E-state index in [1.165, 1.54) is 44.2 Å². The van der Waals surface area contributed by atoms with Crippen molar-refractivity contribution in [2.24, 2.45) is 0 Å². The maximum absolute atomic E-state index is 14.3. The van der Waals surface area contributed by atoms with E-state index in [1.54, 1.807) is 13.8 Å². The maximum Gasteiger partial charge on any atom is 0.330 e. The predicted molar refractivity (Wildman–Crippen MR) is 281 cm³/mol. The lowest BCUT2D eigenvalue weighted by Crippen LogP contribution is -2.42. The van der Waals surface area contributed by atoms with Gasteiger partial charge in [0.2, 0.25) is 5.95 Å². The summed E-state index contributed by atoms with van der Waals surface area (Å²) in [5, 5.41) is 9.29. The zero-order valence-corrected chi connectivity index (χ0v) is 49.2. The summed E-state index contributed by atoms with van der Waals surface area (Å²) >= 11 is 20.9. The Labute approximate surface area is 467 Å². The van der Waals surface area contributed by atoms with Crippen molar-refractivity contribution in [1.82, 2.24) is 38.6 Å². The van der Waals surface area contributed by atoms with Crippen LogP contribution in [0.5, 0.6) is 0 Å². The van der Waals surface area contributed by atoms with Gasteiger partial charge in [-0.05, 0) is 34.1 Å². The number of aromatic amines is 3. The van der Waals surface area contributed by atoms with E-state index in [-0.39, 0.29) is 73.9 Å². The molecule has 40 heteroatoms. The first-order chi connectivity index (χ1) is 37.1. The summed E-state index contributed by atoms with van der Waals surface area (Å²) in [5.41, 5.74) is 1.94. The average Bonchev–Trinajstić information content (AvgIpc) is 4.16. The van der Waals surface area contributed by atoms with Gasteiger partial charge in [0.05, 0.1) is 64.3 Å². The van der Waals surface area contributed by atoms with Crippen molar-refractivity contribution in [1.29, 1.82) is 0 Å². The van der Waals surface area contributed by atoms with Gasteiger partial charge in [-0.1, -0.05) is 35.4 Å². The molecule has 5 unspecified atom stereocenters. The van der Waals surface area contributed by atoms with Crippen LogP contribution in [0.15, 0.2) is 42.7 Å².